The zero-order chi connectivity index (χ0) is 23.2. The van der Waals surface area contributed by atoms with Crippen LogP contribution in [-0.4, -0.2) is 45.1 Å². The number of ether oxygens (including phenoxy) is 1. The summed E-state index contributed by atoms with van der Waals surface area (Å²) in [6.07, 6.45) is 1.18. The molecule has 0 unspecified atom stereocenters. The summed E-state index contributed by atoms with van der Waals surface area (Å²) in [5.41, 5.74) is 1.22. The first kappa shape index (κ1) is 23.8. The maximum Gasteiger partial charge on any atom is 0.337 e. The number of methoxy groups -OCH3 is 1. The van der Waals surface area contributed by atoms with Gasteiger partial charge in [0.1, 0.15) is 0 Å². The zero-order valence-electron chi connectivity index (χ0n) is 17.3. The lowest BCUT2D eigenvalue weighted by Gasteiger charge is -2.24. The van der Waals surface area contributed by atoms with E-state index in [0.717, 1.165) is 10.6 Å². The van der Waals surface area contributed by atoms with E-state index in [1.165, 1.54) is 31.4 Å². The molecule has 0 aliphatic rings. The molecule has 1 N–H and O–H groups in total. The van der Waals surface area contributed by atoms with Gasteiger partial charge in [-0.2, -0.15) is 0 Å². The molecule has 2 rings (SSSR count). The fourth-order valence-electron chi connectivity index (χ4n) is 2.89. The van der Waals surface area contributed by atoms with Crippen LogP contribution in [0.25, 0.3) is 0 Å². The Bertz CT molecular complexity index is 1100. The highest BCUT2D eigenvalue weighted by atomic mass is 32.2. The van der Waals surface area contributed by atoms with Crippen molar-refractivity contribution in [2.75, 3.05) is 29.5 Å². The van der Waals surface area contributed by atoms with Crippen LogP contribution in [0.2, 0.25) is 0 Å². The average Bonchev–Trinajstić information content (AvgIpc) is 2.70. The quantitative estimate of drug-likeness (QED) is 0.353. The molecule has 0 fully saturated rings. The van der Waals surface area contributed by atoms with Gasteiger partial charge in [0.15, 0.2) is 0 Å². The van der Waals surface area contributed by atoms with Crippen LogP contribution >= 0.6 is 0 Å². The van der Waals surface area contributed by atoms with Crippen molar-refractivity contribution < 1.29 is 27.7 Å². The Morgan fingerprint density at radius 3 is 2.52 bits per heavy atom. The van der Waals surface area contributed by atoms with Gasteiger partial charge in [0.2, 0.25) is 15.9 Å². The predicted octanol–water partition coefficient (Wildman–Crippen LogP) is 2.87. The first-order chi connectivity index (χ1) is 14.5. The smallest absolute Gasteiger partial charge is 0.337 e. The van der Waals surface area contributed by atoms with Gasteiger partial charge in [-0.15, -0.1) is 0 Å². The van der Waals surface area contributed by atoms with Crippen molar-refractivity contribution in [2.45, 2.75) is 19.8 Å². The highest BCUT2D eigenvalue weighted by Crippen LogP contribution is 2.27. The van der Waals surface area contributed by atoms with E-state index in [4.69, 9.17) is 0 Å². The minimum absolute atomic E-state index is 0.00243. The first-order valence-corrected chi connectivity index (χ1v) is 11.1. The summed E-state index contributed by atoms with van der Waals surface area (Å²) in [7, 11) is -2.48. The van der Waals surface area contributed by atoms with E-state index in [9.17, 15) is 28.1 Å². The fourth-order valence-corrected chi connectivity index (χ4v) is 3.91. The van der Waals surface area contributed by atoms with E-state index in [2.05, 4.69) is 10.1 Å². The van der Waals surface area contributed by atoms with Crippen LogP contribution in [0.15, 0.2) is 42.5 Å². The van der Waals surface area contributed by atoms with Gasteiger partial charge < -0.3 is 10.1 Å². The lowest BCUT2D eigenvalue weighted by molar-refractivity contribution is -0.384. The molecule has 0 aromatic heterocycles. The number of carbonyl (C=O) groups is 2. The number of hydrogen-bond acceptors (Lipinski definition) is 7. The van der Waals surface area contributed by atoms with Gasteiger partial charge in [0, 0.05) is 30.8 Å². The lowest BCUT2D eigenvalue weighted by atomic mass is 10.1. The highest BCUT2D eigenvalue weighted by Gasteiger charge is 2.22. The van der Waals surface area contributed by atoms with E-state index in [0.29, 0.717) is 11.3 Å². The Morgan fingerprint density at radius 1 is 1.19 bits per heavy atom. The fraction of sp³-hybridized carbons (Fsp3) is 0.300. The number of anilines is 2. The van der Waals surface area contributed by atoms with Gasteiger partial charge in [-0.25, -0.2) is 13.2 Å². The van der Waals surface area contributed by atoms with Crippen molar-refractivity contribution in [3.8, 4) is 0 Å². The molecule has 0 saturated carbocycles. The summed E-state index contributed by atoms with van der Waals surface area (Å²) >= 11 is 0. The van der Waals surface area contributed by atoms with Crippen molar-refractivity contribution in [3.63, 3.8) is 0 Å². The number of aryl methyl sites for hydroxylation is 1. The number of nitrogens with zero attached hydrogens (tertiary/aromatic N) is 2. The summed E-state index contributed by atoms with van der Waals surface area (Å²) < 4.78 is 30.2. The second-order valence-corrected chi connectivity index (χ2v) is 8.69. The van der Waals surface area contributed by atoms with Gasteiger partial charge in [-0.1, -0.05) is 12.1 Å². The Balaban J connectivity index is 2.08. The molecule has 0 heterocycles. The maximum absolute atomic E-state index is 12.3. The molecule has 2 aromatic carbocycles. The Kier molecular flexibility index (Phi) is 7.70. The first-order valence-electron chi connectivity index (χ1n) is 9.24. The van der Waals surface area contributed by atoms with E-state index in [-0.39, 0.29) is 42.2 Å². The van der Waals surface area contributed by atoms with Crippen molar-refractivity contribution in [2.24, 2.45) is 0 Å². The SMILES string of the molecule is COC(=O)c1cccc(NC(=O)CCCN(c2cc([N+](=O)[O-])ccc2C)S(C)(=O)=O)c1. The number of nitrogens with one attached hydrogen (secondary N) is 1. The number of nitro benzene ring substituents is 1. The number of sulfonamides is 1. The standard InChI is InChI=1S/C20H23N3O7S/c1-14-9-10-17(23(26)27)13-18(14)22(31(3,28)29)11-5-8-19(24)21-16-7-4-6-15(12-16)20(25)30-2/h4,6-7,9-10,12-13H,5,8,11H2,1-3H3,(H,21,24). The number of benzene rings is 2. The van der Waals surface area contributed by atoms with Crippen molar-refractivity contribution >= 4 is 39.0 Å². The van der Waals surface area contributed by atoms with Gasteiger partial charge in [0.05, 0.1) is 29.5 Å². The van der Waals surface area contributed by atoms with Gasteiger partial charge in [-0.05, 0) is 37.1 Å². The van der Waals surface area contributed by atoms with Crippen LogP contribution < -0.4 is 9.62 Å². The summed E-state index contributed by atoms with van der Waals surface area (Å²) in [6.45, 7) is 1.62. The molecular formula is C20H23N3O7S. The summed E-state index contributed by atoms with van der Waals surface area (Å²) in [4.78, 5) is 34.3. The number of amides is 1. The molecule has 166 valence electrons. The van der Waals surface area contributed by atoms with Crippen LogP contribution in [0.3, 0.4) is 0 Å². The average molecular weight is 449 g/mol. The third kappa shape index (κ3) is 6.51. The molecule has 10 nitrogen and oxygen atoms in total. The largest absolute Gasteiger partial charge is 0.465 e. The number of non-ortho nitro benzene ring substituents is 1. The van der Waals surface area contributed by atoms with E-state index < -0.39 is 20.9 Å². The van der Waals surface area contributed by atoms with E-state index in [1.807, 2.05) is 0 Å². The molecular weight excluding hydrogens is 426 g/mol. The molecule has 0 radical (unpaired) electrons. The summed E-state index contributed by atoms with van der Waals surface area (Å²) in [5, 5.41) is 13.7. The Hall–Kier alpha value is -3.47. The third-order valence-corrected chi connectivity index (χ3v) is 5.58. The second kappa shape index (κ2) is 10.0. The molecule has 1 amide bonds. The number of nitro groups is 1. The topological polar surface area (TPSA) is 136 Å². The Labute approximate surface area is 180 Å². The zero-order valence-corrected chi connectivity index (χ0v) is 18.1. The number of carbonyl (C=O) groups excluding carboxylic acids is 2. The minimum atomic E-state index is -3.73. The van der Waals surface area contributed by atoms with Crippen LogP contribution in [0.5, 0.6) is 0 Å². The summed E-state index contributed by atoms with van der Waals surface area (Å²) in [6, 6.07) is 10.2. The highest BCUT2D eigenvalue weighted by molar-refractivity contribution is 7.92. The number of rotatable bonds is 9. The van der Waals surface area contributed by atoms with Crippen molar-refractivity contribution in [3.05, 3.63) is 63.7 Å². The molecule has 2 aromatic rings. The Morgan fingerprint density at radius 2 is 1.90 bits per heavy atom. The lowest BCUT2D eigenvalue weighted by Crippen LogP contribution is -2.32. The van der Waals surface area contributed by atoms with Gasteiger partial charge >= 0.3 is 5.97 Å². The molecule has 31 heavy (non-hydrogen) atoms. The minimum Gasteiger partial charge on any atom is -0.465 e. The van der Waals surface area contributed by atoms with E-state index >= 15 is 0 Å². The number of hydrogen-bond donors (Lipinski definition) is 1. The van der Waals surface area contributed by atoms with Crippen LogP contribution in [0.1, 0.15) is 28.8 Å². The van der Waals surface area contributed by atoms with Gasteiger partial charge in [0.25, 0.3) is 5.69 Å². The monoisotopic (exact) mass is 449 g/mol. The predicted molar refractivity (Wildman–Crippen MR) is 116 cm³/mol. The van der Waals surface area contributed by atoms with Crippen molar-refractivity contribution in [1.29, 1.82) is 0 Å². The molecule has 0 aliphatic carbocycles. The number of esters is 1. The van der Waals surface area contributed by atoms with Crippen LogP contribution in [-0.2, 0) is 19.6 Å². The molecule has 0 bridgehead atoms. The summed E-state index contributed by atoms with van der Waals surface area (Å²) in [5.74, 6) is -0.904. The maximum atomic E-state index is 12.3. The molecule has 0 saturated heterocycles. The van der Waals surface area contributed by atoms with E-state index in [1.54, 1.807) is 25.1 Å². The van der Waals surface area contributed by atoms with Gasteiger partial charge in [-0.3, -0.25) is 19.2 Å². The van der Waals surface area contributed by atoms with Crippen LogP contribution in [0.4, 0.5) is 17.1 Å². The van der Waals surface area contributed by atoms with Crippen molar-refractivity contribution in [1.82, 2.24) is 0 Å². The molecule has 0 spiro atoms. The van der Waals surface area contributed by atoms with Crippen LogP contribution in [0, 0.1) is 17.0 Å². The molecule has 0 aliphatic heterocycles. The second-order valence-electron chi connectivity index (χ2n) is 6.79. The normalized spacial score (nSPS) is 10.9. The third-order valence-electron chi connectivity index (χ3n) is 4.41. The molecule has 0 atom stereocenters. The molecule has 11 heteroatoms.